The number of ether oxygens (including phenoxy) is 1. The van der Waals surface area contributed by atoms with Gasteiger partial charge in [0.1, 0.15) is 16.9 Å². The minimum absolute atomic E-state index is 0. The lowest BCUT2D eigenvalue weighted by atomic mass is 10.2. The molecule has 0 saturated carbocycles. The third-order valence-corrected chi connectivity index (χ3v) is 3.15. The average Bonchev–Trinajstić information content (AvgIpc) is 2.82. The van der Waals surface area contributed by atoms with E-state index >= 15 is 0 Å². The fraction of sp³-hybridized carbons (Fsp3) is 0.333. The standard InChI is InChI=1S/C15H17N3O2.ClH/c1-10-17-13-11-6-3-4-7-12(11)20-14(13)15(18-10)16-8-5-9-19-2;/h3-4,6-7H,5,8-9H2,1-2H3,(H,16,17,18);1H. The van der Waals surface area contributed by atoms with Crippen LogP contribution in [0.1, 0.15) is 12.2 Å². The van der Waals surface area contributed by atoms with E-state index in [0.717, 1.165) is 47.7 Å². The van der Waals surface area contributed by atoms with Crippen LogP contribution in [-0.4, -0.2) is 30.2 Å². The second kappa shape index (κ2) is 6.74. The Labute approximate surface area is 129 Å². The number of fused-ring (bicyclic) bond motifs is 3. The molecule has 0 saturated heterocycles. The van der Waals surface area contributed by atoms with Crippen molar-refractivity contribution in [3.63, 3.8) is 0 Å². The second-order valence-corrected chi connectivity index (χ2v) is 4.67. The van der Waals surface area contributed by atoms with E-state index < -0.39 is 0 Å². The maximum absolute atomic E-state index is 5.88. The Morgan fingerprint density at radius 3 is 2.86 bits per heavy atom. The van der Waals surface area contributed by atoms with Gasteiger partial charge in [0.2, 0.25) is 0 Å². The molecule has 0 aliphatic heterocycles. The van der Waals surface area contributed by atoms with Crippen LogP contribution in [0.5, 0.6) is 0 Å². The lowest BCUT2D eigenvalue weighted by Crippen LogP contribution is -2.07. The average molecular weight is 308 g/mol. The van der Waals surface area contributed by atoms with Gasteiger partial charge in [-0.05, 0) is 25.5 Å². The van der Waals surface area contributed by atoms with Gasteiger partial charge in [0.05, 0.1) is 0 Å². The monoisotopic (exact) mass is 307 g/mol. The van der Waals surface area contributed by atoms with Crippen molar-refractivity contribution >= 4 is 40.3 Å². The van der Waals surface area contributed by atoms with Crippen molar-refractivity contribution in [3.8, 4) is 0 Å². The van der Waals surface area contributed by atoms with Crippen molar-refractivity contribution in [2.24, 2.45) is 0 Å². The molecule has 1 N–H and O–H groups in total. The first-order valence-electron chi connectivity index (χ1n) is 6.68. The van der Waals surface area contributed by atoms with Gasteiger partial charge >= 0.3 is 0 Å². The van der Waals surface area contributed by atoms with Crippen molar-refractivity contribution in [3.05, 3.63) is 30.1 Å². The Morgan fingerprint density at radius 1 is 1.24 bits per heavy atom. The van der Waals surface area contributed by atoms with Crippen molar-refractivity contribution in [1.29, 1.82) is 0 Å². The molecule has 0 spiro atoms. The highest BCUT2D eigenvalue weighted by Crippen LogP contribution is 2.30. The van der Waals surface area contributed by atoms with Crippen molar-refractivity contribution in [2.45, 2.75) is 13.3 Å². The summed E-state index contributed by atoms with van der Waals surface area (Å²) in [6.45, 7) is 3.40. The summed E-state index contributed by atoms with van der Waals surface area (Å²) in [5.41, 5.74) is 2.42. The van der Waals surface area contributed by atoms with Gasteiger partial charge in [0.15, 0.2) is 11.4 Å². The number of nitrogens with one attached hydrogen (secondary N) is 1. The molecule has 1 aromatic carbocycles. The van der Waals surface area contributed by atoms with Crippen LogP contribution in [0, 0.1) is 6.92 Å². The molecule has 0 atom stereocenters. The molecular formula is C15H18ClN3O2. The van der Waals surface area contributed by atoms with Gasteiger partial charge in [-0.1, -0.05) is 12.1 Å². The summed E-state index contributed by atoms with van der Waals surface area (Å²) >= 11 is 0. The first-order chi connectivity index (χ1) is 9.79. The zero-order chi connectivity index (χ0) is 13.9. The summed E-state index contributed by atoms with van der Waals surface area (Å²) in [5, 5.41) is 4.32. The van der Waals surface area contributed by atoms with Crippen molar-refractivity contribution < 1.29 is 9.15 Å². The lowest BCUT2D eigenvalue weighted by Gasteiger charge is -2.06. The van der Waals surface area contributed by atoms with Gasteiger partial charge in [-0.15, -0.1) is 12.4 Å². The molecule has 112 valence electrons. The summed E-state index contributed by atoms with van der Waals surface area (Å²) in [6.07, 6.45) is 0.918. The first kappa shape index (κ1) is 15.5. The summed E-state index contributed by atoms with van der Waals surface area (Å²) in [4.78, 5) is 8.94. The van der Waals surface area contributed by atoms with Gasteiger partial charge in [-0.3, -0.25) is 0 Å². The van der Waals surface area contributed by atoms with Crippen LogP contribution in [0.15, 0.2) is 28.7 Å². The third kappa shape index (κ3) is 3.09. The number of benzene rings is 1. The molecular weight excluding hydrogens is 290 g/mol. The third-order valence-electron chi connectivity index (χ3n) is 3.15. The Kier molecular flexibility index (Phi) is 4.98. The highest BCUT2D eigenvalue weighted by molar-refractivity contribution is 6.05. The number of aryl methyl sites for hydroxylation is 1. The minimum atomic E-state index is 0. The molecule has 2 heterocycles. The normalized spacial score (nSPS) is 10.8. The molecule has 3 aromatic rings. The van der Waals surface area contributed by atoms with E-state index in [1.54, 1.807) is 7.11 Å². The van der Waals surface area contributed by atoms with E-state index in [1.807, 2.05) is 31.2 Å². The van der Waals surface area contributed by atoms with Crippen LogP contribution in [0.25, 0.3) is 22.1 Å². The SMILES string of the molecule is COCCCNc1nc(C)nc2c1oc1ccccc12.Cl. The molecule has 0 aliphatic rings. The molecule has 0 unspecified atom stereocenters. The van der Waals surface area contributed by atoms with Crippen molar-refractivity contribution in [2.75, 3.05) is 25.6 Å². The van der Waals surface area contributed by atoms with Gasteiger partial charge in [0.25, 0.3) is 0 Å². The quantitative estimate of drug-likeness (QED) is 0.730. The zero-order valence-corrected chi connectivity index (χ0v) is 12.9. The molecule has 0 bridgehead atoms. The van der Waals surface area contributed by atoms with Crippen LogP contribution >= 0.6 is 12.4 Å². The van der Waals surface area contributed by atoms with E-state index in [4.69, 9.17) is 9.15 Å². The second-order valence-electron chi connectivity index (χ2n) is 4.67. The number of aromatic nitrogens is 2. The van der Waals surface area contributed by atoms with E-state index in [1.165, 1.54) is 0 Å². The molecule has 21 heavy (non-hydrogen) atoms. The fourth-order valence-electron chi connectivity index (χ4n) is 2.25. The van der Waals surface area contributed by atoms with Crippen LogP contribution in [0.4, 0.5) is 5.82 Å². The Morgan fingerprint density at radius 2 is 2.05 bits per heavy atom. The molecule has 0 fully saturated rings. The molecule has 5 nitrogen and oxygen atoms in total. The first-order valence-corrected chi connectivity index (χ1v) is 6.68. The minimum Gasteiger partial charge on any atom is -0.450 e. The molecule has 3 rings (SSSR count). The number of para-hydroxylation sites is 1. The number of anilines is 1. The molecule has 0 aliphatic carbocycles. The smallest absolute Gasteiger partial charge is 0.196 e. The largest absolute Gasteiger partial charge is 0.450 e. The predicted molar refractivity (Wildman–Crippen MR) is 86.3 cm³/mol. The maximum Gasteiger partial charge on any atom is 0.196 e. The maximum atomic E-state index is 5.88. The van der Waals surface area contributed by atoms with Crippen LogP contribution in [0.2, 0.25) is 0 Å². The van der Waals surface area contributed by atoms with Gasteiger partial charge in [-0.25, -0.2) is 9.97 Å². The Bertz CT molecular complexity index is 742. The molecule has 0 radical (unpaired) electrons. The van der Waals surface area contributed by atoms with E-state index in [2.05, 4.69) is 15.3 Å². The summed E-state index contributed by atoms with van der Waals surface area (Å²) < 4.78 is 10.9. The Balaban J connectivity index is 0.00000161. The van der Waals surface area contributed by atoms with Gasteiger partial charge < -0.3 is 14.5 Å². The van der Waals surface area contributed by atoms with E-state index in [9.17, 15) is 0 Å². The molecule has 0 amide bonds. The van der Waals surface area contributed by atoms with Crippen molar-refractivity contribution in [1.82, 2.24) is 9.97 Å². The van der Waals surface area contributed by atoms with E-state index in [-0.39, 0.29) is 12.4 Å². The number of halogens is 1. The number of hydrogen-bond donors (Lipinski definition) is 1. The summed E-state index contributed by atoms with van der Waals surface area (Å²) in [6, 6.07) is 7.90. The molecule has 2 aromatic heterocycles. The predicted octanol–water partition coefficient (Wildman–Crippen LogP) is 3.55. The van der Waals surface area contributed by atoms with E-state index in [0.29, 0.717) is 5.58 Å². The van der Waals surface area contributed by atoms with Crippen LogP contribution < -0.4 is 5.32 Å². The number of methoxy groups -OCH3 is 1. The summed E-state index contributed by atoms with van der Waals surface area (Å²) in [7, 11) is 1.70. The number of rotatable bonds is 5. The topological polar surface area (TPSA) is 60.2 Å². The highest BCUT2D eigenvalue weighted by atomic mass is 35.5. The lowest BCUT2D eigenvalue weighted by molar-refractivity contribution is 0.198. The summed E-state index contributed by atoms with van der Waals surface area (Å²) in [5.74, 6) is 1.48. The Hall–Kier alpha value is -1.85. The highest BCUT2D eigenvalue weighted by Gasteiger charge is 2.13. The number of furan rings is 1. The molecule has 6 heteroatoms. The fourth-order valence-corrected chi connectivity index (χ4v) is 2.25. The zero-order valence-electron chi connectivity index (χ0n) is 12.0. The number of nitrogens with zero attached hydrogens (tertiary/aromatic N) is 2. The number of hydrogen-bond acceptors (Lipinski definition) is 5. The van der Waals surface area contributed by atoms with Gasteiger partial charge in [-0.2, -0.15) is 0 Å². The van der Waals surface area contributed by atoms with Crippen LogP contribution in [0.3, 0.4) is 0 Å². The van der Waals surface area contributed by atoms with Gasteiger partial charge in [0, 0.05) is 25.6 Å². The van der Waals surface area contributed by atoms with Crippen LogP contribution in [-0.2, 0) is 4.74 Å².